The van der Waals surface area contributed by atoms with E-state index in [9.17, 15) is 34.8 Å². The van der Waals surface area contributed by atoms with Crippen LogP contribution in [0.4, 0.5) is 0 Å². The molecule has 3 rings (SSSR count). The lowest BCUT2D eigenvalue weighted by molar-refractivity contribution is -0.308. The van der Waals surface area contributed by atoms with Crippen molar-refractivity contribution < 1.29 is 49.0 Å². The lowest BCUT2D eigenvalue weighted by atomic mass is 9.88. The van der Waals surface area contributed by atoms with Gasteiger partial charge >= 0.3 is 5.97 Å². The summed E-state index contributed by atoms with van der Waals surface area (Å²) >= 11 is 0. The number of benzene rings is 2. The number of hydrogen-bond donors (Lipinski definition) is 6. The van der Waals surface area contributed by atoms with E-state index in [2.05, 4.69) is 17.2 Å². The molecule has 6 N–H and O–H groups in total. The van der Waals surface area contributed by atoms with Gasteiger partial charge in [-0.15, -0.1) is 6.58 Å². The third kappa shape index (κ3) is 7.23. The number of carbonyl (C=O) groups excluding carboxylic acids is 3. The van der Waals surface area contributed by atoms with Gasteiger partial charge in [0.25, 0.3) is 11.7 Å². The second-order valence-electron chi connectivity index (χ2n) is 9.32. The number of aliphatic hydroxyl groups is 3. The summed E-state index contributed by atoms with van der Waals surface area (Å²) in [5.41, 5.74) is 1.94. The van der Waals surface area contributed by atoms with Crippen LogP contribution in [0.1, 0.15) is 23.7 Å². The molecule has 40 heavy (non-hydrogen) atoms. The minimum Gasteiger partial charge on any atom is -0.508 e. The van der Waals surface area contributed by atoms with E-state index in [4.69, 9.17) is 14.2 Å². The van der Waals surface area contributed by atoms with Gasteiger partial charge in [0.2, 0.25) is 5.91 Å². The van der Waals surface area contributed by atoms with Crippen molar-refractivity contribution in [3.8, 4) is 16.9 Å². The topological polar surface area (TPSA) is 184 Å². The van der Waals surface area contributed by atoms with E-state index in [1.807, 2.05) is 0 Å². The first-order valence-electron chi connectivity index (χ1n) is 12.5. The fourth-order valence-electron chi connectivity index (χ4n) is 4.40. The van der Waals surface area contributed by atoms with Gasteiger partial charge < -0.3 is 45.3 Å². The Hall–Kier alpha value is -3.81. The predicted molar refractivity (Wildman–Crippen MR) is 142 cm³/mol. The summed E-state index contributed by atoms with van der Waals surface area (Å²) in [6, 6.07) is 11.9. The first kappa shape index (κ1) is 30.7. The Bertz CT molecular complexity index is 1190. The number of ether oxygens (including phenoxy) is 3. The van der Waals surface area contributed by atoms with Crippen molar-refractivity contribution in [2.24, 2.45) is 0 Å². The summed E-state index contributed by atoms with van der Waals surface area (Å²) in [6.45, 7) is 4.11. The molecule has 1 saturated heterocycles. The first-order valence-corrected chi connectivity index (χ1v) is 12.5. The number of nitrogens with one attached hydrogen (secondary N) is 2. The molecule has 1 fully saturated rings. The van der Waals surface area contributed by atoms with Gasteiger partial charge in [-0.2, -0.15) is 0 Å². The first-order chi connectivity index (χ1) is 19.0. The lowest BCUT2D eigenvalue weighted by Gasteiger charge is -2.46. The van der Waals surface area contributed by atoms with Gasteiger partial charge in [0.15, 0.2) is 0 Å². The highest BCUT2D eigenvalue weighted by Crippen LogP contribution is 2.34. The molecule has 2 amide bonds. The van der Waals surface area contributed by atoms with Gasteiger partial charge in [-0.1, -0.05) is 30.3 Å². The third-order valence-electron chi connectivity index (χ3n) is 6.42. The standard InChI is InChI=1S/C28H34N2O10/c1-4-13-39-28(27(37)38-3)14-21(33)23(30-16(2)31)25(40-28)24(35)22(34)15-29-26(36)19-7-5-17(6-8-19)18-9-11-20(32)12-10-18/h4-12,21-25,32-35H,1,13-15H2,2-3H3,(H,29,36)(H,30,31)/t21?,22?,23?,24-,25?,28?/m1/s1. The molecule has 0 aliphatic carbocycles. The molecule has 2 aromatic rings. The molecule has 0 aromatic heterocycles. The second kappa shape index (κ2) is 13.5. The van der Waals surface area contributed by atoms with Crippen molar-refractivity contribution in [2.45, 2.75) is 49.6 Å². The molecule has 216 valence electrons. The van der Waals surface area contributed by atoms with Gasteiger partial charge in [0.1, 0.15) is 18.0 Å². The molecule has 0 spiro atoms. The highest BCUT2D eigenvalue weighted by Gasteiger charge is 2.56. The van der Waals surface area contributed by atoms with Gasteiger partial charge in [-0.05, 0) is 35.4 Å². The summed E-state index contributed by atoms with van der Waals surface area (Å²) in [5, 5.41) is 46.9. The van der Waals surface area contributed by atoms with Crippen LogP contribution < -0.4 is 10.6 Å². The zero-order valence-electron chi connectivity index (χ0n) is 22.1. The molecule has 12 heteroatoms. The number of hydrogen-bond acceptors (Lipinski definition) is 10. The molecular weight excluding hydrogens is 524 g/mol. The fourth-order valence-corrected chi connectivity index (χ4v) is 4.40. The minimum absolute atomic E-state index is 0.136. The Morgan fingerprint density at radius 1 is 1.12 bits per heavy atom. The average molecular weight is 559 g/mol. The van der Waals surface area contributed by atoms with Crippen LogP contribution in [0.5, 0.6) is 5.75 Å². The molecule has 1 aliphatic heterocycles. The number of carbonyl (C=O) groups is 3. The molecule has 0 radical (unpaired) electrons. The number of rotatable bonds is 11. The maximum atomic E-state index is 12.7. The molecular formula is C28H34N2O10. The van der Waals surface area contributed by atoms with Crippen LogP contribution in [0.2, 0.25) is 0 Å². The fraction of sp³-hybridized carbons (Fsp3) is 0.393. The van der Waals surface area contributed by atoms with Gasteiger partial charge in [-0.3, -0.25) is 9.59 Å². The molecule has 12 nitrogen and oxygen atoms in total. The normalized spacial score (nSPS) is 23.9. The number of esters is 1. The Kier molecular flexibility index (Phi) is 10.4. The van der Waals surface area contributed by atoms with Crippen LogP contribution in [-0.4, -0.2) is 94.7 Å². The number of methoxy groups -OCH3 is 1. The monoisotopic (exact) mass is 558 g/mol. The largest absolute Gasteiger partial charge is 0.508 e. The van der Waals surface area contributed by atoms with Crippen LogP contribution in [0.15, 0.2) is 61.2 Å². The Morgan fingerprint density at radius 2 is 1.73 bits per heavy atom. The summed E-state index contributed by atoms with van der Waals surface area (Å²) in [5.74, 6) is -4.10. The molecule has 1 aliphatic rings. The van der Waals surface area contributed by atoms with Crippen molar-refractivity contribution in [1.82, 2.24) is 10.6 Å². The molecule has 1 heterocycles. The second-order valence-corrected chi connectivity index (χ2v) is 9.32. The van der Waals surface area contributed by atoms with Gasteiger partial charge in [-0.25, -0.2) is 4.79 Å². The van der Waals surface area contributed by atoms with Gasteiger partial charge in [0.05, 0.1) is 32.0 Å². The summed E-state index contributed by atoms with van der Waals surface area (Å²) < 4.78 is 16.1. The lowest BCUT2D eigenvalue weighted by Crippen LogP contribution is -2.68. The quantitative estimate of drug-likeness (QED) is 0.165. The third-order valence-corrected chi connectivity index (χ3v) is 6.42. The summed E-state index contributed by atoms with van der Waals surface area (Å²) in [6.07, 6.45) is -5.49. The molecule has 6 atom stereocenters. The zero-order valence-corrected chi connectivity index (χ0v) is 22.1. The zero-order chi connectivity index (χ0) is 29.4. The Morgan fingerprint density at radius 3 is 2.27 bits per heavy atom. The maximum absolute atomic E-state index is 12.7. The van der Waals surface area contributed by atoms with Crippen molar-refractivity contribution in [3.05, 3.63) is 66.7 Å². The van der Waals surface area contributed by atoms with Crippen molar-refractivity contribution >= 4 is 17.8 Å². The van der Waals surface area contributed by atoms with Gasteiger partial charge in [0, 0.05) is 25.5 Å². The van der Waals surface area contributed by atoms with E-state index in [0.29, 0.717) is 0 Å². The maximum Gasteiger partial charge on any atom is 0.366 e. The number of phenols is 1. The molecule has 5 unspecified atom stereocenters. The summed E-state index contributed by atoms with van der Waals surface area (Å²) in [4.78, 5) is 37.1. The van der Waals surface area contributed by atoms with E-state index in [-0.39, 0.29) is 17.9 Å². The number of aliphatic hydroxyl groups excluding tert-OH is 3. The van der Waals surface area contributed by atoms with E-state index in [1.54, 1.807) is 48.5 Å². The van der Waals surface area contributed by atoms with E-state index in [1.165, 1.54) is 13.0 Å². The van der Waals surface area contributed by atoms with E-state index < -0.39 is 67.0 Å². The minimum atomic E-state index is -2.15. The predicted octanol–water partition coefficient (Wildman–Crippen LogP) is 0.237. The Labute approximate surface area is 231 Å². The highest BCUT2D eigenvalue weighted by atomic mass is 16.7. The van der Waals surface area contributed by atoms with Crippen LogP contribution in [-0.2, 0) is 23.8 Å². The van der Waals surface area contributed by atoms with Crippen molar-refractivity contribution in [3.63, 3.8) is 0 Å². The van der Waals surface area contributed by atoms with Crippen LogP contribution in [0.3, 0.4) is 0 Å². The van der Waals surface area contributed by atoms with E-state index in [0.717, 1.165) is 18.2 Å². The average Bonchev–Trinajstić information content (AvgIpc) is 2.95. The Balaban J connectivity index is 1.72. The van der Waals surface area contributed by atoms with Crippen LogP contribution >= 0.6 is 0 Å². The molecule has 2 aromatic carbocycles. The van der Waals surface area contributed by atoms with Crippen molar-refractivity contribution in [1.29, 1.82) is 0 Å². The van der Waals surface area contributed by atoms with Crippen LogP contribution in [0.25, 0.3) is 11.1 Å². The van der Waals surface area contributed by atoms with Crippen molar-refractivity contribution in [2.75, 3.05) is 20.3 Å². The highest BCUT2D eigenvalue weighted by molar-refractivity contribution is 5.94. The van der Waals surface area contributed by atoms with Crippen LogP contribution in [0, 0.1) is 0 Å². The van der Waals surface area contributed by atoms with E-state index >= 15 is 0 Å². The number of aromatic hydroxyl groups is 1. The number of amides is 2. The number of phenolic OH excluding ortho intramolecular Hbond substituents is 1. The molecule has 0 bridgehead atoms. The SMILES string of the molecule is C=CCOC1(C(=O)OC)CC(O)C(NC(C)=O)C([C@H](O)C(O)CNC(=O)c2ccc(-c3ccc(O)cc3)cc2)O1. The summed E-state index contributed by atoms with van der Waals surface area (Å²) in [7, 11) is 1.09. The molecule has 0 saturated carbocycles. The smallest absolute Gasteiger partial charge is 0.366 e.